The number of aliphatic hydroxyl groups excluding tert-OH is 4. The van der Waals surface area contributed by atoms with Crippen molar-refractivity contribution in [2.75, 3.05) is 6.61 Å². The number of aliphatic hydroxyl groups is 4. The van der Waals surface area contributed by atoms with Gasteiger partial charge in [-0.3, -0.25) is 9.59 Å². The maximum atomic E-state index is 11.2. The summed E-state index contributed by atoms with van der Waals surface area (Å²) in [6.45, 7) is 0.420. The van der Waals surface area contributed by atoms with Gasteiger partial charge in [0, 0.05) is 0 Å². The fraction of sp³-hybridized carbons (Fsp3) is 0.750. The molecule has 0 aromatic rings. The molecule has 0 aliphatic carbocycles. The van der Waals surface area contributed by atoms with Crippen LogP contribution in [-0.2, 0) is 9.59 Å². The van der Waals surface area contributed by atoms with E-state index in [1.807, 2.05) is 0 Å². The average Bonchev–Trinajstić information content (AvgIpc) is 2.23. The van der Waals surface area contributed by atoms with Crippen molar-refractivity contribution in [3.8, 4) is 0 Å². The smallest absolute Gasteiger partial charge is 0.230 e. The van der Waals surface area contributed by atoms with Gasteiger partial charge >= 0.3 is 0 Å². The Morgan fingerprint density at radius 2 is 1.67 bits per heavy atom. The SMILES string of the molecule is CC(O)C(S)C(=O)C(=O)[C@H](O)[C@H](O)CO. The molecular weight excluding hydrogens is 224 g/mol. The van der Waals surface area contributed by atoms with E-state index < -0.39 is 41.7 Å². The molecule has 0 rings (SSSR count). The summed E-state index contributed by atoms with van der Waals surface area (Å²) in [7, 11) is 0. The number of hydrogen-bond donors (Lipinski definition) is 5. The van der Waals surface area contributed by atoms with Crippen LogP contribution in [0.2, 0.25) is 0 Å². The van der Waals surface area contributed by atoms with Gasteiger partial charge in [-0.1, -0.05) is 0 Å². The quantitative estimate of drug-likeness (QED) is 0.258. The van der Waals surface area contributed by atoms with E-state index in [9.17, 15) is 9.59 Å². The van der Waals surface area contributed by atoms with E-state index >= 15 is 0 Å². The van der Waals surface area contributed by atoms with E-state index in [-0.39, 0.29) is 0 Å². The first-order valence-electron chi connectivity index (χ1n) is 4.24. The molecule has 0 amide bonds. The van der Waals surface area contributed by atoms with Crippen LogP contribution >= 0.6 is 12.6 Å². The minimum absolute atomic E-state index is 0.841. The van der Waals surface area contributed by atoms with Crippen LogP contribution in [0.1, 0.15) is 6.92 Å². The molecule has 0 spiro atoms. The first kappa shape index (κ1) is 14.5. The molecule has 0 aromatic heterocycles. The largest absolute Gasteiger partial charge is 0.394 e. The molecule has 88 valence electrons. The number of hydrogen-bond acceptors (Lipinski definition) is 7. The zero-order valence-electron chi connectivity index (χ0n) is 8.07. The topological polar surface area (TPSA) is 115 Å². The van der Waals surface area contributed by atoms with Gasteiger partial charge in [0.05, 0.1) is 18.0 Å². The average molecular weight is 238 g/mol. The number of rotatable bonds is 6. The maximum absolute atomic E-state index is 11.2. The van der Waals surface area contributed by atoms with Crippen LogP contribution in [0.5, 0.6) is 0 Å². The normalized spacial score (nSPS) is 19.1. The summed E-state index contributed by atoms with van der Waals surface area (Å²) >= 11 is 3.68. The lowest BCUT2D eigenvalue weighted by Gasteiger charge is -2.16. The predicted octanol–water partition coefficient (Wildman–Crippen LogP) is -2.48. The number of Topliss-reactive ketones (excluding diaryl/α,β-unsaturated/α-hetero) is 2. The molecule has 0 aliphatic heterocycles. The molecule has 0 bridgehead atoms. The Kier molecular flexibility index (Phi) is 5.99. The van der Waals surface area contributed by atoms with Gasteiger partial charge in [0.25, 0.3) is 0 Å². The molecule has 4 N–H and O–H groups in total. The molecule has 0 saturated carbocycles. The van der Waals surface area contributed by atoms with Crippen molar-refractivity contribution in [2.24, 2.45) is 0 Å². The van der Waals surface area contributed by atoms with E-state index in [1.165, 1.54) is 6.92 Å². The molecular formula is C8H14O6S. The number of carbonyl (C=O) groups excluding carboxylic acids is 2. The van der Waals surface area contributed by atoms with Crippen LogP contribution in [0.4, 0.5) is 0 Å². The van der Waals surface area contributed by atoms with Gasteiger partial charge in [-0.2, -0.15) is 12.6 Å². The third-order valence-corrected chi connectivity index (χ3v) is 2.45. The third kappa shape index (κ3) is 3.88. The zero-order chi connectivity index (χ0) is 12.2. The Hall–Kier alpha value is -0.470. The minimum Gasteiger partial charge on any atom is -0.394 e. The lowest BCUT2D eigenvalue weighted by atomic mass is 10.0. The molecule has 0 aromatic carbocycles. The Morgan fingerprint density at radius 1 is 1.20 bits per heavy atom. The molecule has 0 heterocycles. The van der Waals surface area contributed by atoms with Crippen molar-refractivity contribution >= 4 is 24.2 Å². The van der Waals surface area contributed by atoms with Crippen LogP contribution < -0.4 is 0 Å². The summed E-state index contributed by atoms with van der Waals surface area (Å²) < 4.78 is 0. The number of ketones is 2. The summed E-state index contributed by atoms with van der Waals surface area (Å²) in [5, 5.41) is 34.2. The highest BCUT2D eigenvalue weighted by molar-refractivity contribution is 7.82. The Labute approximate surface area is 91.9 Å². The van der Waals surface area contributed by atoms with Crippen molar-refractivity contribution in [2.45, 2.75) is 30.5 Å². The Morgan fingerprint density at radius 3 is 2.00 bits per heavy atom. The summed E-state index contributed by atoms with van der Waals surface area (Å²) in [5.74, 6) is -2.38. The van der Waals surface area contributed by atoms with Gasteiger partial charge in [0.1, 0.15) is 12.2 Å². The second-order valence-corrected chi connectivity index (χ2v) is 3.67. The summed E-state index contributed by atoms with van der Waals surface area (Å²) in [4.78, 5) is 22.4. The molecule has 0 fully saturated rings. The standard InChI is InChI=1S/C8H14O6S/c1-3(10)8(15)7(14)6(13)5(12)4(11)2-9/h3-5,8-12,15H,2H2,1H3/t3?,4-,5-,8?/m1/s1. The fourth-order valence-electron chi connectivity index (χ4n) is 0.785. The van der Waals surface area contributed by atoms with E-state index in [4.69, 9.17) is 20.4 Å². The van der Waals surface area contributed by atoms with Gasteiger partial charge in [0.2, 0.25) is 11.6 Å². The Bertz CT molecular complexity index is 241. The van der Waals surface area contributed by atoms with Crippen LogP contribution in [0, 0.1) is 0 Å². The van der Waals surface area contributed by atoms with Gasteiger partial charge in [-0.15, -0.1) is 0 Å². The highest BCUT2D eigenvalue weighted by atomic mass is 32.1. The van der Waals surface area contributed by atoms with Crippen LogP contribution in [0.3, 0.4) is 0 Å². The van der Waals surface area contributed by atoms with Crippen molar-refractivity contribution in [1.29, 1.82) is 0 Å². The fourth-order valence-corrected chi connectivity index (χ4v) is 0.912. The highest BCUT2D eigenvalue weighted by Crippen LogP contribution is 2.07. The summed E-state index contributed by atoms with van der Waals surface area (Å²) in [6.07, 6.45) is -4.85. The van der Waals surface area contributed by atoms with Crippen LogP contribution in [0.25, 0.3) is 0 Å². The van der Waals surface area contributed by atoms with E-state index in [0.717, 1.165) is 0 Å². The van der Waals surface area contributed by atoms with Gasteiger partial charge in [-0.25, -0.2) is 0 Å². The van der Waals surface area contributed by atoms with Crippen molar-refractivity contribution in [3.05, 3.63) is 0 Å². The lowest BCUT2D eigenvalue weighted by molar-refractivity contribution is -0.146. The Balaban J connectivity index is 4.51. The van der Waals surface area contributed by atoms with E-state index in [2.05, 4.69) is 12.6 Å². The van der Waals surface area contributed by atoms with E-state index in [0.29, 0.717) is 0 Å². The zero-order valence-corrected chi connectivity index (χ0v) is 8.96. The van der Waals surface area contributed by atoms with Crippen molar-refractivity contribution in [3.63, 3.8) is 0 Å². The monoisotopic (exact) mass is 238 g/mol. The predicted molar refractivity (Wildman–Crippen MR) is 53.6 cm³/mol. The molecule has 0 saturated heterocycles. The van der Waals surface area contributed by atoms with Gasteiger partial charge in [-0.05, 0) is 6.92 Å². The summed E-state index contributed by atoms with van der Waals surface area (Å²) in [6, 6.07) is 0. The molecule has 2 unspecified atom stereocenters. The van der Waals surface area contributed by atoms with Crippen LogP contribution in [-0.4, -0.2) is 62.2 Å². The molecule has 0 radical (unpaired) electrons. The third-order valence-electron chi connectivity index (χ3n) is 1.79. The lowest BCUT2D eigenvalue weighted by Crippen LogP contribution is -2.44. The second kappa shape index (κ2) is 6.19. The number of thiol groups is 1. The first-order chi connectivity index (χ1) is 6.82. The van der Waals surface area contributed by atoms with Gasteiger partial charge < -0.3 is 20.4 Å². The van der Waals surface area contributed by atoms with Gasteiger partial charge in [0.15, 0.2) is 0 Å². The number of carbonyl (C=O) groups is 2. The van der Waals surface area contributed by atoms with Crippen molar-refractivity contribution in [1.82, 2.24) is 0 Å². The molecule has 7 heteroatoms. The summed E-state index contributed by atoms with van der Waals surface area (Å²) in [5.41, 5.74) is 0. The molecule has 4 atom stereocenters. The maximum Gasteiger partial charge on any atom is 0.230 e. The van der Waals surface area contributed by atoms with Crippen LogP contribution in [0.15, 0.2) is 0 Å². The molecule has 0 aliphatic rings. The second-order valence-electron chi connectivity index (χ2n) is 3.11. The minimum atomic E-state index is -1.99. The first-order valence-corrected chi connectivity index (χ1v) is 4.75. The van der Waals surface area contributed by atoms with E-state index in [1.54, 1.807) is 0 Å². The molecule has 15 heavy (non-hydrogen) atoms. The molecule has 6 nitrogen and oxygen atoms in total. The van der Waals surface area contributed by atoms with Crippen molar-refractivity contribution < 1.29 is 30.0 Å². The highest BCUT2D eigenvalue weighted by Gasteiger charge is 2.33.